The van der Waals surface area contributed by atoms with E-state index in [1.165, 1.54) is 11.4 Å². The lowest BCUT2D eigenvalue weighted by Crippen LogP contribution is -2.53. The van der Waals surface area contributed by atoms with Crippen LogP contribution in [0.3, 0.4) is 0 Å². The molecule has 1 amide bonds. The van der Waals surface area contributed by atoms with Gasteiger partial charge in [0.2, 0.25) is 15.9 Å². The first-order valence-corrected chi connectivity index (χ1v) is 11.0. The van der Waals surface area contributed by atoms with Gasteiger partial charge in [0.05, 0.1) is 12.0 Å². The van der Waals surface area contributed by atoms with Gasteiger partial charge >= 0.3 is 5.97 Å². The molecule has 1 aliphatic heterocycles. The van der Waals surface area contributed by atoms with Crippen molar-refractivity contribution in [2.75, 3.05) is 20.2 Å². The lowest BCUT2D eigenvalue weighted by molar-refractivity contribution is -0.150. The van der Waals surface area contributed by atoms with E-state index in [9.17, 15) is 18.0 Å². The van der Waals surface area contributed by atoms with Gasteiger partial charge in [-0.15, -0.1) is 0 Å². The van der Waals surface area contributed by atoms with E-state index < -0.39 is 21.5 Å². The van der Waals surface area contributed by atoms with Crippen LogP contribution in [0.5, 0.6) is 0 Å². The fourth-order valence-corrected chi connectivity index (χ4v) is 5.06. The highest BCUT2D eigenvalue weighted by atomic mass is 32.2. The van der Waals surface area contributed by atoms with Crippen LogP contribution in [0, 0.1) is 5.92 Å². The Morgan fingerprint density at radius 1 is 1.07 bits per heavy atom. The van der Waals surface area contributed by atoms with E-state index in [0.29, 0.717) is 12.8 Å². The summed E-state index contributed by atoms with van der Waals surface area (Å²) in [7, 11) is -2.36. The van der Waals surface area contributed by atoms with Crippen LogP contribution in [-0.2, 0) is 24.3 Å². The van der Waals surface area contributed by atoms with Crippen molar-refractivity contribution in [1.29, 1.82) is 0 Å². The molecule has 2 aromatic carbocycles. The largest absolute Gasteiger partial charge is 0.467 e. The van der Waals surface area contributed by atoms with Crippen molar-refractivity contribution in [2.24, 2.45) is 5.92 Å². The summed E-state index contributed by atoms with van der Waals surface area (Å²) in [6, 6.07) is 12.7. The molecule has 1 N–H and O–H groups in total. The molecule has 1 fully saturated rings. The summed E-state index contributed by atoms with van der Waals surface area (Å²) in [6.07, 6.45) is 0.797. The number of fused-ring (bicyclic) bond motifs is 1. The third kappa shape index (κ3) is 4.43. The van der Waals surface area contributed by atoms with E-state index in [4.69, 9.17) is 4.74 Å². The molecule has 0 saturated carbocycles. The van der Waals surface area contributed by atoms with Gasteiger partial charge < -0.3 is 10.1 Å². The molecule has 156 valence electrons. The summed E-state index contributed by atoms with van der Waals surface area (Å²) < 4.78 is 32.2. The average molecular weight is 419 g/mol. The number of sulfonamides is 1. The number of nitrogens with zero attached hydrogens (tertiary/aromatic N) is 1. The van der Waals surface area contributed by atoms with Gasteiger partial charge in [-0.1, -0.05) is 30.3 Å². The molecule has 1 aliphatic rings. The minimum absolute atomic E-state index is 0.255. The van der Waals surface area contributed by atoms with Crippen LogP contribution < -0.4 is 5.32 Å². The number of benzene rings is 2. The Balaban J connectivity index is 1.67. The Bertz CT molecular complexity index is 1020. The molecule has 2 aromatic rings. The molecular formula is C21H26N2O5S. The fraction of sp³-hybridized carbons (Fsp3) is 0.429. The average Bonchev–Trinajstić information content (AvgIpc) is 2.72. The number of carbonyl (C=O) groups is 2. The molecule has 0 aromatic heterocycles. The smallest absolute Gasteiger partial charge is 0.330 e. The number of hydrogen-bond donors (Lipinski definition) is 1. The molecule has 3 rings (SSSR count). The van der Waals surface area contributed by atoms with Gasteiger partial charge in [0.25, 0.3) is 0 Å². The minimum atomic E-state index is -3.63. The molecule has 0 atom stereocenters. The zero-order chi connectivity index (χ0) is 21.2. The van der Waals surface area contributed by atoms with Crippen LogP contribution in [-0.4, -0.2) is 50.3 Å². The van der Waals surface area contributed by atoms with Gasteiger partial charge in [-0.05, 0) is 49.6 Å². The second-order valence-electron chi connectivity index (χ2n) is 7.79. The highest BCUT2D eigenvalue weighted by Crippen LogP contribution is 2.26. The lowest BCUT2D eigenvalue weighted by Gasteiger charge is -2.32. The maximum absolute atomic E-state index is 13.0. The van der Waals surface area contributed by atoms with Crippen LogP contribution in [0.4, 0.5) is 0 Å². The Labute approximate surface area is 171 Å². The van der Waals surface area contributed by atoms with Crippen molar-refractivity contribution >= 4 is 32.7 Å². The molecule has 0 aliphatic carbocycles. The van der Waals surface area contributed by atoms with Crippen molar-refractivity contribution < 1.29 is 22.7 Å². The number of nitrogens with one attached hydrogen (secondary N) is 1. The second-order valence-corrected chi connectivity index (χ2v) is 9.73. The molecule has 0 bridgehead atoms. The van der Waals surface area contributed by atoms with Crippen LogP contribution in [0.1, 0.15) is 26.7 Å². The van der Waals surface area contributed by atoms with E-state index in [2.05, 4.69) is 5.32 Å². The summed E-state index contributed by atoms with van der Waals surface area (Å²) in [5.74, 6) is -1.13. The predicted octanol–water partition coefficient (Wildman–Crippen LogP) is 2.31. The summed E-state index contributed by atoms with van der Waals surface area (Å²) >= 11 is 0. The Morgan fingerprint density at radius 2 is 1.69 bits per heavy atom. The predicted molar refractivity (Wildman–Crippen MR) is 110 cm³/mol. The highest BCUT2D eigenvalue weighted by Gasteiger charge is 2.36. The molecule has 1 heterocycles. The number of carbonyl (C=O) groups excluding carboxylic acids is 2. The van der Waals surface area contributed by atoms with Gasteiger partial charge in [-0.2, -0.15) is 4.31 Å². The molecular weight excluding hydrogens is 392 g/mol. The first-order valence-electron chi connectivity index (χ1n) is 9.54. The summed E-state index contributed by atoms with van der Waals surface area (Å²) in [6.45, 7) is 3.67. The molecule has 29 heavy (non-hydrogen) atoms. The Hall–Kier alpha value is -2.45. The van der Waals surface area contributed by atoms with E-state index in [1.807, 2.05) is 24.3 Å². The number of ether oxygens (including phenoxy) is 1. The van der Waals surface area contributed by atoms with Gasteiger partial charge in [0.15, 0.2) is 0 Å². The van der Waals surface area contributed by atoms with Crippen LogP contribution in [0.15, 0.2) is 47.4 Å². The van der Waals surface area contributed by atoms with Gasteiger partial charge in [-0.3, -0.25) is 4.79 Å². The van der Waals surface area contributed by atoms with Crippen LogP contribution in [0.2, 0.25) is 0 Å². The molecule has 0 unspecified atom stereocenters. The topological polar surface area (TPSA) is 92.8 Å². The number of esters is 1. The standard InChI is InChI=1S/C21H26N2O5S/c1-21(2,20(25)28-3)22-19(24)16-10-12-23(13-11-16)29(26,27)18-9-8-15-6-4-5-7-17(15)14-18/h4-9,14,16H,10-13H2,1-3H3,(H,22,24). The summed E-state index contributed by atoms with van der Waals surface area (Å²) in [5, 5.41) is 4.55. The third-order valence-corrected chi connectivity index (χ3v) is 7.21. The van der Waals surface area contributed by atoms with E-state index in [1.54, 1.807) is 32.0 Å². The monoisotopic (exact) mass is 418 g/mol. The van der Waals surface area contributed by atoms with Gasteiger partial charge in [-0.25, -0.2) is 13.2 Å². The zero-order valence-electron chi connectivity index (χ0n) is 16.8. The van der Waals surface area contributed by atoms with Crippen molar-refractivity contribution in [3.63, 3.8) is 0 Å². The SMILES string of the molecule is COC(=O)C(C)(C)NC(=O)C1CCN(S(=O)(=O)c2ccc3ccccc3c2)CC1. The first kappa shape index (κ1) is 21.3. The maximum Gasteiger partial charge on any atom is 0.330 e. The van der Waals surface area contributed by atoms with Crippen molar-refractivity contribution in [1.82, 2.24) is 9.62 Å². The van der Waals surface area contributed by atoms with Gasteiger partial charge in [0, 0.05) is 19.0 Å². The molecule has 7 nitrogen and oxygen atoms in total. The fourth-order valence-electron chi connectivity index (χ4n) is 3.55. The van der Waals surface area contributed by atoms with Crippen LogP contribution >= 0.6 is 0 Å². The van der Waals surface area contributed by atoms with Crippen molar-refractivity contribution in [3.05, 3.63) is 42.5 Å². The number of rotatable bonds is 5. The van der Waals surface area contributed by atoms with Crippen LogP contribution in [0.25, 0.3) is 10.8 Å². The summed E-state index contributed by atoms with van der Waals surface area (Å²) in [5.41, 5.74) is -1.12. The van der Waals surface area contributed by atoms with Crippen molar-refractivity contribution in [2.45, 2.75) is 37.1 Å². The maximum atomic E-state index is 13.0. The second kappa shape index (κ2) is 8.12. The van der Waals surface area contributed by atoms with E-state index in [0.717, 1.165) is 10.8 Å². The molecule has 1 saturated heterocycles. The van der Waals surface area contributed by atoms with E-state index >= 15 is 0 Å². The number of piperidine rings is 1. The minimum Gasteiger partial charge on any atom is -0.467 e. The van der Waals surface area contributed by atoms with Gasteiger partial charge in [0.1, 0.15) is 5.54 Å². The number of methoxy groups -OCH3 is 1. The first-order chi connectivity index (χ1) is 13.6. The molecule has 8 heteroatoms. The number of hydrogen-bond acceptors (Lipinski definition) is 5. The molecule has 0 radical (unpaired) electrons. The van der Waals surface area contributed by atoms with Crippen molar-refractivity contribution in [3.8, 4) is 0 Å². The normalized spacial score (nSPS) is 16.5. The third-order valence-electron chi connectivity index (χ3n) is 5.31. The summed E-state index contributed by atoms with van der Waals surface area (Å²) in [4.78, 5) is 24.5. The Morgan fingerprint density at radius 3 is 2.31 bits per heavy atom. The highest BCUT2D eigenvalue weighted by molar-refractivity contribution is 7.89. The Kier molecular flexibility index (Phi) is 5.95. The zero-order valence-corrected chi connectivity index (χ0v) is 17.7. The quantitative estimate of drug-likeness (QED) is 0.752. The number of amides is 1. The molecule has 0 spiro atoms. The van der Waals surface area contributed by atoms with E-state index in [-0.39, 0.29) is 29.8 Å². The lowest BCUT2D eigenvalue weighted by atomic mass is 9.95.